The fourth-order valence-corrected chi connectivity index (χ4v) is 2.46. The molecule has 8 heteroatoms. The van der Waals surface area contributed by atoms with E-state index < -0.39 is 0 Å². The minimum Gasteiger partial charge on any atom is -0.497 e. The van der Waals surface area contributed by atoms with Crippen LogP contribution in [0.25, 0.3) is 0 Å². The van der Waals surface area contributed by atoms with Gasteiger partial charge in [0.15, 0.2) is 5.82 Å². The standard InChI is InChI=1S/C19H20FN5O2/c1-26-15-7-8-17(27-2)16(11-15)23-19-24-18(12-22-25-19)21-10-9-13-3-5-14(20)6-4-13/h3-8,11-12H,9-10H2,1-2H3,(H2,21,23,24,25). The monoisotopic (exact) mass is 369 g/mol. The van der Waals surface area contributed by atoms with Gasteiger partial charge in [0.25, 0.3) is 0 Å². The predicted molar refractivity (Wildman–Crippen MR) is 101 cm³/mol. The summed E-state index contributed by atoms with van der Waals surface area (Å²) in [6.45, 7) is 0.631. The van der Waals surface area contributed by atoms with Gasteiger partial charge in [-0.15, -0.1) is 5.10 Å². The average Bonchev–Trinajstić information content (AvgIpc) is 2.70. The number of anilines is 3. The molecular formula is C19H20FN5O2. The molecule has 0 amide bonds. The lowest BCUT2D eigenvalue weighted by Crippen LogP contribution is -2.09. The molecule has 2 N–H and O–H groups in total. The maximum atomic E-state index is 12.9. The molecule has 0 spiro atoms. The summed E-state index contributed by atoms with van der Waals surface area (Å²) in [6.07, 6.45) is 2.27. The highest BCUT2D eigenvalue weighted by Crippen LogP contribution is 2.30. The summed E-state index contributed by atoms with van der Waals surface area (Å²) in [7, 11) is 3.18. The van der Waals surface area contributed by atoms with Crippen molar-refractivity contribution in [3.8, 4) is 11.5 Å². The van der Waals surface area contributed by atoms with Crippen LogP contribution in [-0.2, 0) is 6.42 Å². The van der Waals surface area contributed by atoms with Crippen LogP contribution in [0.1, 0.15) is 5.56 Å². The first-order valence-corrected chi connectivity index (χ1v) is 8.35. The Morgan fingerprint density at radius 3 is 2.59 bits per heavy atom. The van der Waals surface area contributed by atoms with E-state index >= 15 is 0 Å². The largest absolute Gasteiger partial charge is 0.497 e. The molecule has 0 atom stereocenters. The van der Waals surface area contributed by atoms with Gasteiger partial charge in [-0.05, 0) is 36.2 Å². The van der Waals surface area contributed by atoms with E-state index in [1.165, 1.54) is 12.1 Å². The van der Waals surface area contributed by atoms with Gasteiger partial charge in [-0.3, -0.25) is 0 Å². The van der Waals surface area contributed by atoms with Crippen molar-refractivity contribution in [1.82, 2.24) is 15.2 Å². The Kier molecular flexibility index (Phi) is 5.98. The van der Waals surface area contributed by atoms with Crippen LogP contribution < -0.4 is 20.1 Å². The Balaban J connectivity index is 1.64. The van der Waals surface area contributed by atoms with Crippen LogP contribution in [0.5, 0.6) is 11.5 Å². The van der Waals surface area contributed by atoms with Crippen LogP contribution >= 0.6 is 0 Å². The van der Waals surface area contributed by atoms with Crippen LogP contribution in [0.3, 0.4) is 0 Å². The van der Waals surface area contributed by atoms with Crippen molar-refractivity contribution in [3.05, 3.63) is 60.0 Å². The van der Waals surface area contributed by atoms with E-state index in [9.17, 15) is 4.39 Å². The average molecular weight is 369 g/mol. The lowest BCUT2D eigenvalue weighted by atomic mass is 10.1. The quantitative estimate of drug-likeness (QED) is 0.629. The second-order valence-electron chi connectivity index (χ2n) is 5.66. The molecule has 1 aromatic heterocycles. The summed E-state index contributed by atoms with van der Waals surface area (Å²) in [4.78, 5) is 4.39. The molecule has 3 aromatic rings. The Morgan fingerprint density at radius 1 is 1.04 bits per heavy atom. The molecule has 0 saturated heterocycles. The van der Waals surface area contributed by atoms with Gasteiger partial charge in [-0.2, -0.15) is 10.1 Å². The predicted octanol–water partition coefficient (Wildman–Crippen LogP) is 3.43. The summed E-state index contributed by atoms with van der Waals surface area (Å²) in [5, 5.41) is 14.2. The highest BCUT2D eigenvalue weighted by atomic mass is 19.1. The van der Waals surface area contributed by atoms with E-state index in [0.717, 1.165) is 12.0 Å². The Hall–Kier alpha value is -3.42. The Bertz CT molecular complexity index is 890. The van der Waals surface area contributed by atoms with Crippen LogP contribution in [0, 0.1) is 5.82 Å². The third kappa shape index (κ3) is 5.04. The molecular weight excluding hydrogens is 349 g/mol. The fraction of sp³-hybridized carbons (Fsp3) is 0.211. The van der Waals surface area contributed by atoms with E-state index in [2.05, 4.69) is 25.8 Å². The van der Waals surface area contributed by atoms with Crippen LogP contribution in [-0.4, -0.2) is 35.9 Å². The van der Waals surface area contributed by atoms with Crippen molar-refractivity contribution in [2.45, 2.75) is 6.42 Å². The highest BCUT2D eigenvalue weighted by molar-refractivity contribution is 5.65. The molecule has 140 valence electrons. The molecule has 0 bridgehead atoms. The molecule has 0 aliphatic rings. The number of nitrogens with zero attached hydrogens (tertiary/aromatic N) is 3. The smallest absolute Gasteiger partial charge is 0.249 e. The molecule has 0 unspecified atom stereocenters. The van der Waals surface area contributed by atoms with Crippen molar-refractivity contribution in [2.75, 3.05) is 31.4 Å². The molecule has 3 rings (SSSR count). The molecule has 0 aliphatic carbocycles. The van der Waals surface area contributed by atoms with Gasteiger partial charge in [0.1, 0.15) is 17.3 Å². The zero-order valence-corrected chi connectivity index (χ0v) is 15.1. The first-order chi connectivity index (χ1) is 13.2. The second-order valence-corrected chi connectivity index (χ2v) is 5.66. The topological polar surface area (TPSA) is 81.2 Å². The lowest BCUT2D eigenvalue weighted by molar-refractivity contribution is 0.405. The maximum Gasteiger partial charge on any atom is 0.249 e. The maximum absolute atomic E-state index is 12.9. The third-order valence-corrected chi connectivity index (χ3v) is 3.84. The summed E-state index contributed by atoms with van der Waals surface area (Å²) in [6, 6.07) is 11.8. The number of aromatic nitrogens is 3. The van der Waals surface area contributed by atoms with Crippen molar-refractivity contribution in [1.29, 1.82) is 0 Å². The highest BCUT2D eigenvalue weighted by Gasteiger charge is 2.08. The summed E-state index contributed by atoms with van der Waals surface area (Å²) >= 11 is 0. The Morgan fingerprint density at radius 2 is 1.85 bits per heavy atom. The van der Waals surface area contributed by atoms with Gasteiger partial charge in [0, 0.05) is 12.6 Å². The minimum atomic E-state index is -0.240. The van der Waals surface area contributed by atoms with Crippen molar-refractivity contribution >= 4 is 17.5 Å². The SMILES string of the molecule is COc1ccc(OC)c(Nc2nncc(NCCc3ccc(F)cc3)n2)c1. The van der Waals surface area contributed by atoms with E-state index in [0.29, 0.717) is 35.5 Å². The second kappa shape index (κ2) is 8.79. The number of benzene rings is 2. The molecule has 0 saturated carbocycles. The number of hydrogen-bond donors (Lipinski definition) is 2. The molecule has 7 nitrogen and oxygen atoms in total. The summed E-state index contributed by atoms with van der Waals surface area (Å²) in [5.74, 6) is 1.98. The zero-order chi connectivity index (χ0) is 19.1. The van der Waals surface area contributed by atoms with E-state index in [1.807, 2.05) is 0 Å². The molecule has 27 heavy (non-hydrogen) atoms. The van der Waals surface area contributed by atoms with Crippen molar-refractivity contribution in [2.24, 2.45) is 0 Å². The normalized spacial score (nSPS) is 10.3. The first-order valence-electron chi connectivity index (χ1n) is 8.35. The van der Waals surface area contributed by atoms with Gasteiger partial charge in [-0.25, -0.2) is 4.39 Å². The van der Waals surface area contributed by atoms with Gasteiger partial charge in [0.05, 0.1) is 26.1 Å². The van der Waals surface area contributed by atoms with Crippen LogP contribution in [0.4, 0.5) is 21.8 Å². The first kappa shape index (κ1) is 18.4. The number of rotatable bonds is 8. The molecule has 0 fully saturated rings. The van der Waals surface area contributed by atoms with E-state index in [-0.39, 0.29) is 5.82 Å². The molecule has 0 radical (unpaired) electrons. The van der Waals surface area contributed by atoms with Gasteiger partial charge >= 0.3 is 0 Å². The number of ether oxygens (including phenoxy) is 2. The van der Waals surface area contributed by atoms with Crippen molar-refractivity contribution < 1.29 is 13.9 Å². The fourth-order valence-electron chi connectivity index (χ4n) is 2.46. The molecule has 2 aromatic carbocycles. The number of nitrogens with one attached hydrogen (secondary N) is 2. The minimum absolute atomic E-state index is 0.240. The van der Waals surface area contributed by atoms with Gasteiger partial charge in [-0.1, -0.05) is 12.1 Å². The van der Waals surface area contributed by atoms with Crippen molar-refractivity contribution in [3.63, 3.8) is 0 Å². The third-order valence-electron chi connectivity index (χ3n) is 3.84. The van der Waals surface area contributed by atoms with Crippen LogP contribution in [0.15, 0.2) is 48.7 Å². The number of methoxy groups -OCH3 is 2. The number of hydrogen-bond acceptors (Lipinski definition) is 7. The lowest BCUT2D eigenvalue weighted by Gasteiger charge is -2.12. The zero-order valence-electron chi connectivity index (χ0n) is 15.1. The van der Waals surface area contributed by atoms with Gasteiger partial charge in [0.2, 0.25) is 5.95 Å². The van der Waals surface area contributed by atoms with Crippen LogP contribution in [0.2, 0.25) is 0 Å². The molecule has 0 aliphatic heterocycles. The summed E-state index contributed by atoms with van der Waals surface area (Å²) < 4.78 is 23.5. The Labute approximate surface area is 156 Å². The summed E-state index contributed by atoms with van der Waals surface area (Å²) in [5.41, 5.74) is 1.70. The van der Waals surface area contributed by atoms with E-state index in [4.69, 9.17) is 9.47 Å². The van der Waals surface area contributed by atoms with E-state index in [1.54, 1.807) is 50.7 Å². The number of halogens is 1. The van der Waals surface area contributed by atoms with Gasteiger partial charge < -0.3 is 20.1 Å². The molecule has 1 heterocycles.